The van der Waals surface area contributed by atoms with E-state index in [-0.39, 0.29) is 0 Å². The molecule has 1 nitrogen and oxygen atoms in total. The van der Waals surface area contributed by atoms with Crippen molar-refractivity contribution in [2.24, 2.45) is 0 Å². The Bertz CT molecular complexity index is 686. The van der Waals surface area contributed by atoms with E-state index in [0.717, 1.165) is 10.5 Å². The molecule has 0 saturated heterocycles. The summed E-state index contributed by atoms with van der Waals surface area (Å²) in [6.45, 7) is 6.40. The van der Waals surface area contributed by atoms with Gasteiger partial charge in [0, 0.05) is 5.56 Å². The van der Waals surface area contributed by atoms with Crippen molar-refractivity contribution < 1.29 is 0 Å². The number of hydrogen-bond acceptors (Lipinski definition) is 2. The normalized spacial score (nSPS) is 11.1. The summed E-state index contributed by atoms with van der Waals surface area (Å²) in [4.78, 5) is 4.80. The maximum absolute atomic E-state index is 4.80. The number of aryl methyl sites for hydroxylation is 3. The maximum Gasteiger partial charge on any atom is 0.124 e. The van der Waals surface area contributed by atoms with E-state index in [9.17, 15) is 0 Å². The van der Waals surface area contributed by atoms with E-state index in [2.05, 4.69) is 57.2 Å². The Labute approximate surface area is 111 Å². The van der Waals surface area contributed by atoms with Gasteiger partial charge in [0.05, 0.1) is 10.2 Å². The summed E-state index contributed by atoms with van der Waals surface area (Å²) in [6.07, 6.45) is 0. The molecule has 0 fully saturated rings. The van der Waals surface area contributed by atoms with Crippen molar-refractivity contribution in [1.29, 1.82) is 0 Å². The Morgan fingerprint density at radius 1 is 0.944 bits per heavy atom. The predicted molar refractivity (Wildman–Crippen MR) is 79.3 cm³/mol. The van der Waals surface area contributed by atoms with Gasteiger partial charge in [-0.25, -0.2) is 4.98 Å². The topological polar surface area (TPSA) is 12.9 Å². The SMILES string of the molecule is Cc1cccc(-c2nc3c(C)ccc(C)c3s2)c1. The minimum Gasteiger partial charge on any atom is -0.236 e. The summed E-state index contributed by atoms with van der Waals surface area (Å²) in [5.41, 5.74) is 6.21. The highest BCUT2D eigenvalue weighted by atomic mass is 32.1. The van der Waals surface area contributed by atoms with Gasteiger partial charge in [-0.05, 0) is 38.0 Å². The second-order valence-corrected chi connectivity index (χ2v) is 5.76. The van der Waals surface area contributed by atoms with Crippen molar-refractivity contribution >= 4 is 21.6 Å². The highest BCUT2D eigenvalue weighted by molar-refractivity contribution is 7.21. The quantitative estimate of drug-likeness (QED) is 0.601. The number of rotatable bonds is 1. The molecule has 0 spiro atoms. The molecule has 0 N–H and O–H groups in total. The van der Waals surface area contributed by atoms with Crippen LogP contribution in [0.5, 0.6) is 0 Å². The molecule has 0 aliphatic rings. The highest BCUT2D eigenvalue weighted by Gasteiger charge is 2.09. The second kappa shape index (κ2) is 4.21. The molecular formula is C16H15NS. The van der Waals surface area contributed by atoms with E-state index in [1.165, 1.54) is 27.0 Å². The molecule has 0 atom stereocenters. The van der Waals surface area contributed by atoms with Crippen LogP contribution in [-0.4, -0.2) is 4.98 Å². The first-order valence-electron chi connectivity index (χ1n) is 6.09. The van der Waals surface area contributed by atoms with Crippen molar-refractivity contribution in [2.75, 3.05) is 0 Å². The lowest BCUT2D eigenvalue weighted by molar-refractivity contribution is 1.39. The first-order chi connectivity index (χ1) is 8.65. The largest absolute Gasteiger partial charge is 0.236 e. The zero-order valence-electron chi connectivity index (χ0n) is 10.8. The van der Waals surface area contributed by atoms with Gasteiger partial charge in [-0.3, -0.25) is 0 Å². The average Bonchev–Trinajstić information content (AvgIpc) is 2.80. The molecular weight excluding hydrogens is 238 g/mol. The average molecular weight is 253 g/mol. The van der Waals surface area contributed by atoms with Crippen LogP contribution < -0.4 is 0 Å². The molecule has 18 heavy (non-hydrogen) atoms. The van der Waals surface area contributed by atoms with Gasteiger partial charge in [0.1, 0.15) is 5.01 Å². The molecule has 0 saturated carbocycles. The Balaban J connectivity index is 2.26. The van der Waals surface area contributed by atoms with Gasteiger partial charge in [0.15, 0.2) is 0 Å². The number of nitrogens with zero attached hydrogens (tertiary/aromatic N) is 1. The lowest BCUT2D eigenvalue weighted by Crippen LogP contribution is -1.80. The predicted octanol–water partition coefficient (Wildman–Crippen LogP) is 4.89. The summed E-state index contributed by atoms with van der Waals surface area (Å²) < 4.78 is 1.31. The van der Waals surface area contributed by atoms with Crippen molar-refractivity contribution in [2.45, 2.75) is 20.8 Å². The minimum atomic E-state index is 1.12. The standard InChI is InChI=1S/C16H15NS/c1-10-5-4-6-13(9-10)16-17-14-11(2)7-8-12(3)15(14)18-16/h4-9H,1-3H3. The van der Waals surface area contributed by atoms with Crippen LogP contribution in [0, 0.1) is 20.8 Å². The lowest BCUT2D eigenvalue weighted by Gasteiger charge is -1.96. The number of thiazole rings is 1. The Kier molecular flexibility index (Phi) is 2.67. The van der Waals surface area contributed by atoms with Gasteiger partial charge >= 0.3 is 0 Å². The van der Waals surface area contributed by atoms with Gasteiger partial charge in [0.2, 0.25) is 0 Å². The fourth-order valence-corrected chi connectivity index (χ4v) is 3.27. The van der Waals surface area contributed by atoms with Crippen LogP contribution in [0.3, 0.4) is 0 Å². The zero-order valence-corrected chi connectivity index (χ0v) is 11.6. The van der Waals surface area contributed by atoms with E-state index < -0.39 is 0 Å². The highest BCUT2D eigenvalue weighted by Crippen LogP contribution is 2.33. The third-order valence-corrected chi connectivity index (χ3v) is 4.45. The molecule has 90 valence electrons. The van der Waals surface area contributed by atoms with Gasteiger partial charge in [-0.15, -0.1) is 11.3 Å². The molecule has 0 aliphatic carbocycles. The van der Waals surface area contributed by atoms with Crippen LogP contribution in [-0.2, 0) is 0 Å². The summed E-state index contributed by atoms with van der Waals surface area (Å²) >= 11 is 1.79. The lowest BCUT2D eigenvalue weighted by atomic mass is 10.1. The number of aromatic nitrogens is 1. The molecule has 0 bridgehead atoms. The summed E-state index contributed by atoms with van der Waals surface area (Å²) in [7, 11) is 0. The monoisotopic (exact) mass is 253 g/mol. The molecule has 3 rings (SSSR count). The minimum absolute atomic E-state index is 1.12. The first-order valence-corrected chi connectivity index (χ1v) is 6.90. The second-order valence-electron chi connectivity index (χ2n) is 4.77. The van der Waals surface area contributed by atoms with Crippen molar-refractivity contribution in [3.8, 4) is 10.6 Å². The van der Waals surface area contributed by atoms with E-state index in [0.29, 0.717) is 0 Å². The van der Waals surface area contributed by atoms with Crippen LogP contribution in [0.2, 0.25) is 0 Å². The molecule has 0 unspecified atom stereocenters. The fourth-order valence-electron chi connectivity index (χ4n) is 2.16. The van der Waals surface area contributed by atoms with Crippen LogP contribution in [0.15, 0.2) is 36.4 Å². The number of hydrogen-bond donors (Lipinski definition) is 0. The van der Waals surface area contributed by atoms with Gasteiger partial charge in [-0.2, -0.15) is 0 Å². The van der Waals surface area contributed by atoms with E-state index in [1.807, 2.05) is 0 Å². The molecule has 1 heterocycles. The molecule has 0 radical (unpaired) electrons. The fraction of sp³-hybridized carbons (Fsp3) is 0.188. The Morgan fingerprint density at radius 3 is 2.44 bits per heavy atom. The molecule has 3 aromatic rings. The molecule has 2 aromatic carbocycles. The van der Waals surface area contributed by atoms with Crippen molar-refractivity contribution in [1.82, 2.24) is 4.98 Å². The van der Waals surface area contributed by atoms with Crippen LogP contribution >= 0.6 is 11.3 Å². The molecule has 0 aliphatic heterocycles. The van der Waals surface area contributed by atoms with Crippen LogP contribution in [0.25, 0.3) is 20.8 Å². The number of benzene rings is 2. The number of fused-ring (bicyclic) bond motifs is 1. The molecule has 2 heteroatoms. The zero-order chi connectivity index (χ0) is 12.7. The summed E-state index contributed by atoms with van der Waals surface area (Å²) in [5, 5.41) is 1.12. The molecule has 1 aromatic heterocycles. The van der Waals surface area contributed by atoms with Gasteiger partial charge in [-0.1, -0.05) is 35.9 Å². The van der Waals surface area contributed by atoms with Crippen molar-refractivity contribution in [3.05, 3.63) is 53.1 Å². The van der Waals surface area contributed by atoms with Crippen LogP contribution in [0.4, 0.5) is 0 Å². The maximum atomic E-state index is 4.80. The Hall–Kier alpha value is -1.67. The van der Waals surface area contributed by atoms with Gasteiger partial charge in [0.25, 0.3) is 0 Å². The molecule has 0 amide bonds. The third-order valence-electron chi connectivity index (χ3n) is 3.21. The van der Waals surface area contributed by atoms with Crippen LogP contribution in [0.1, 0.15) is 16.7 Å². The van der Waals surface area contributed by atoms with Crippen molar-refractivity contribution in [3.63, 3.8) is 0 Å². The summed E-state index contributed by atoms with van der Waals surface area (Å²) in [5.74, 6) is 0. The van der Waals surface area contributed by atoms with E-state index >= 15 is 0 Å². The van der Waals surface area contributed by atoms with E-state index in [4.69, 9.17) is 4.98 Å². The first kappa shape index (κ1) is 11.4. The van der Waals surface area contributed by atoms with Gasteiger partial charge < -0.3 is 0 Å². The summed E-state index contributed by atoms with van der Waals surface area (Å²) in [6, 6.07) is 12.9. The third kappa shape index (κ3) is 1.83. The smallest absolute Gasteiger partial charge is 0.124 e. The van der Waals surface area contributed by atoms with E-state index in [1.54, 1.807) is 11.3 Å². The Morgan fingerprint density at radius 2 is 1.72 bits per heavy atom.